The number of aryl methyl sites for hydroxylation is 1. The molecule has 0 fully saturated rings. The zero-order valence-corrected chi connectivity index (χ0v) is 15.4. The highest BCUT2D eigenvalue weighted by atomic mass is 16.1. The maximum atomic E-state index is 12.5. The van der Waals surface area contributed by atoms with Gasteiger partial charge in [0.25, 0.3) is 5.91 Å². The van der Waals surface area contributed by atoms with Crippen molar-refractivity contribution in [3.8, 4) is 0 Å². The van der Waals surface area contributed by atoms with E-state index in [1.165, 1.54) is 16.7 Å². The number of aromatic nitrogens is 2. The van der Waals surface area contributed by atoms with Gasteiger partial charge in [-0.25, -0.2) is 9.97 Å². The average molecular weight is 358 g/mol. The Hall–Kier alpha value is -3.21. The van der Waals surface area contributed by atoms with Gasteiger partial charge in [0.05, 0.1) is 0 Å². The van der Waals surface area contributed by atoms with Crippen LogP contribution in [-0.2, 0) is 19.5 Å². The van der Waals surface area contributed by atoms with Gasteiger partial charge in [0, 0.05) is 25.8 Å². The first kappa shape index (κ1) is 17.2. The lowest BCUT2D eigenvalue weighted by atomic mass is 10.0. The molecule has 2 heterocycles. The number of nitrogens with one attached hydrogen (secondary N) is 1. The summed E-state index contributed by atoms with van der Waals surface area (Å²) in [6, 6.07) is 18.2. The van der Waals surface area contributed by atoms with Gasteiger partial charge in [-0.15, -0.1) is 0 Å². The molecule has 2 aromatic carbocycles. The lowest BCUT2D eigenvalue weighted by Gasteiger charge is -2.28. The van der Waals surface area contributed by atoms with Gasteiger partial charge in [-0.1, -0.05) is 54.1 Å². The van der Waals surface area contributed by atoms with Crippen LogP contribution in [0, 0.1) is 6.92 Å². The van der Waals surface area contributed by atoms with Gasteiger partial charge in [-0.3, -0.25) is 4.79 Å². The third-order valence-electron chi connectivity index (χ3n) is 4.86. The van der Waals surface area contributed by atoms with Crippen molar-refractivity contribution in [1.82, 2.24) is 15.3 Å². The van der Waals surface area contributed by atoms with E-state index in [1.54, 1.807) is 12.3 Å². The lowest BCUT2D eigenvalue weighted by molar-refractivity contribution is 0.0946. The molecular formula is C22H22N4O. The van der Waals surface area contributed by atoms with Crippen molar-refractivity contribution < 1.29 is 4.79 Å². The molecule has 4 rings (SSSR count). The minimum Gasteiger partial charge on any atom is -0.347 e. The van der Waals surface area contributed by atoms with Gasteiger partial charge >= 0.3 is 0 Å². The highest BCUT2D eigenvalue weighted by Crippen LogP contribution is 2.21. The molecule has 5 nitrogen and oxygen atoms in total. The number of rotatable bonds is 4. The number of hydrogen-bond donors (Lipinski definition) is 1. The molecular weight excluding hydrogens is 336 g/mol. The molecule has 27 heavy (non-hydrogen) atoms. The van der Waals surface area contributed by atoms with Gasteiger partial charge in [0.1, 0.15) is 5.69 Å². The predicted molar refractivity (Wildman–Crippen MR) is 106 cm³/mol. The molecule has 0 unspecified atom stereocenters. The van der Waals surface area contributed by atoms with Crippen LogP contribution in [0.3, 0.4) is 0 Å². The molecule has 1 aromatic heterocycles. The van der Waals surface area contributed by atoms with Crippen molar-refractivity contribution in [2.75, 3.05) is 11.4 Å². The van der Waals surface area contributed by atoms with Gasteiger partial charge < -0.3 is 10.2 Å². The first-order chi connectivity index (χ1) is 13.2. The summed E-state index contributed by atoms with van der Waals surface area (Å²) in [4.78, 5) is 23.5. The van der Waals surface area contributed by atoms with E-state index >= 15 is 0 Å². The van der Waals surface area contributed by atoms with E-state index in [0.29, 0.717) is 18.2 Å². The smallest absolute Gasteiger partial charge is 0.270 e. The first-order valence-corrected chi connectivity index (χ1v) is 9.17. The normalized spacial score (nSPS) is 13.1. The highest BCUT2D eigenvalue weighted by molar-refractivity contribution is 5.92. The number of nitrogens with zero attached hydrogens (tertiary/aromatic N) is 3. The Bertz CT molecular complexity index is 953. The number of carbonyl (C=O) groups excluding carboxylic acids is 1. The van der Waals surface area contributed by atoms with E-state index in [4.69, 9.17) is 0 Å². The van der Waals surface area contributed by atoms with E-state index in [9.17, 15) is 4.79 Å². The fourth-order valence-corrected chi connectivity index (χ4v) is 3.27. The molecule has 0 radical (unpaired) electrons. The van der Waals surface area contributed by atoms with E-state index < -0.39 is 0 Å². The van der Waals surface area contributed by atoms with Crippen LogP contribution in [-0.4, -0.2) is 22.4 Å². The fourth-order valence-electron chi connectivity index (χ4n) is 3.27. The molecule has 1 aliphatic rings. The summed E-state index contributed by atoms with van der Waals surface area (Å²) in [5.41, 5.74) is 5.33. The molecule has 0 bridgehead atoms. The van der Waals surface area contributed by atoms with Crippen LogP contribution in [0.15, 0.2) is 60.8 Å². The molecule has 0 saturated heterocycles. The molecule has 0 atom stereocenters. The Balaban J connectivity index is 1.44. The standard InChI is InChI=1S/C22H22N4O/c1-16-6-8-17(9-7-16)14-24-21(27)20-10-12-23-22(25-20)26-13-11-18-4-2-3-5-19(18)15-26/h2-10,12H,11,13-15H2,1H3,(H,24,27). The summed E-state index contributed by atoms with van der Waals surface area (Å²) >= 11 is 0. The Morgan fingerprint density at radius 3 is 2.67 bits per heavy atom. The van der Waals surface area contributed by atoms with Crippen LogP contribution in [0.2, 0.25) is 0 Å². The van der Waals surface area contributed by atoms with Gasteiger partial charge in [-0.2, -0.15) is 0 Å². The number of amides is 1. The van der Waals surface area contributed by atoms with Crippen molar-refractivity contribution >= 4 is 11.9 Å². The SMILES string of the molecule is Cc1ccc(CNC(=O)c2ccnc(N3CCc4ccccc4C3)n2)cc1. The third kappa shape index (κ3) is 3.97. The van der Waals surface area contributed by atoms with Gasteiger partial charge in [-0.05, 0) is 36.1 Å². The molecule has 0 saturated carbocycles. The van der Waals surface area contributed by atoms with Crippen molar-refractivity contribution in [3.05, 3.63) is 88.7 Å². The molecule has 136 valence electrons. The summed E-state index contributed by atoms with van der Waals surface area (Å²) in [6.07, 6.45) is 2.62. The van der Waals surface area contributed by atoms with E-state index in [0.717, 1.165) is 25.1 Å². The van der Waals surface area contributed by atoms with Crippen molar-refractivity contribution in [1.29, 1.82) is 0 Å². The van der Waals surface area contributed by atoms with Crippen LogP contribution in [0.25, 0.3) is 0 Å². The number of anilines is 1. The summed E-state index contributed by atoms with van der Waals surface area (Å²) in [7, 11) is 0. The number of fused-ring (bicyclic) bond motifs is 1. The summed E-state index contributed by atoms with van der Waals surface area (Å²) < 4.78 is 0. The predicted octanol–water partition coefficient (Wildman–Crippen LogP) is 3.28. The maximum absolute atomic E-state index is 12.5. The zero-order valence-electron chi connectivity index (χ0n) is 15.4. The van der Waals surface area contributed by atoms with Crippen molar-refractivity contribution in [2.45, 2.75) is 26.4 Å². The number of benzene rings is 2. The summed E-state index contributed by atoms with van der Waals surface area (Å²) in [6.45, 7) is 4.15. The zero-order chi connectivity index (χ0) is 18.6. The van der Waals surface area contributed by atoms with E-state index in [2.05, 4.69) is 44.5 Å². The summed E-state index contributed by atoms with van der Waals surface area (Å²) in [5.74, 6) is 0.420. The molecule has 1 amide bonds. The number of hydrogen-bond acceptors (Lipinski definition) is 4. The van der Waals surface area contributed by atoms with Crippen LogP contribution in [0.1, 0.15) is 32.7 Å². The van der Waals surface area contributed by atoms with Crippen LogP contribution < -0.4 is 10.2 Å². The second-order valence-electron chi connectivity index (χ2n) is 6.85. The molecule has 1 aliphatic heterocycles. The minimum atomic E-state index is -0.184. The monoisotopic (exact) mass is 358 g/mol. The maximum Gasteiger partial charge on any atom is 0.270 e. The van der Waals surface area contributed by atoms with Crippen LogP contribution in [0.4, 0.5) is 5.95 Å². The van der Waals surface area contributed by atoms with Crippen LogP contribution >= 0.6 is 0 Å². The van der Waals surface area contributed by atoms with E-state index in [-0.39, 0.29) is 5.91 Å². The van der Waals surface area contributed by atoms with E-state index in [1.807, 2.05) is 31.2 Å². The van der Waals surface area contributed by atoms with Crippen molar-refractivity contribution in [2.24, 2.45) is 0 Å². The number of carbonyl (C=O) groups is 1. The first-order valence-electron chi connectivity index (χ1n) is 9.17. The molecule has 0 aliphatic carbocycles. The topological polar surface area (TPSA) is 58.1 Å². The lowest BCUT2D eigenvalue weighted by Crippen LogP contribution is -2.32. The van der Waals surface area contributed by atoms with Crippen molar-refractivity contribution in [3.63, 3.8) is 0 Å². The summed E-state index contributed by atoms with van der Waals surface area (Å²) in [5, 5.41) is 2.93. The molecule has 5 heteroatoms. The molecule has 0 spiro atoms. The quantitative estimate of drug-likeness (QED) is 0.778. The van der Waals surface area contributed by atoms with Crippen LogP contribution in [0.5, 0.6) is 0 Å². The Kier molecular flexibility index (Phi) is 4.83. The highest BCUT2D eigenvalue weighted by Gasteiger charge is 2.19. The molecule has 3 aromatic rings. The Morgan fingerprint density at radius 2 is 1.85 bits per heavy atom. The Morgan fingerprint density at radius 1 is 1.07 bits per heavy atom. The molecule has 1 N–H and O–H groups in total. The second kappa shape index (κ2) is 7.58. The van der Waals surface area contributed by atoms with Gasteiger partial charge in [0.2, 0.25) is 5.95 Å². The van der Waals surface area contributed by atoms with Gasteiger partial charge in [0.15, 0.2) is 0 Å². The second-order valence-corrected chi connectivity index (χ2v) is 6.85. The fraction of sp³-hybridized carbons (Fsp3) is 0.227. The average Bonchev–Trinajstić information content (AvgIpc) is 2.73. The third-order valence-corrected chi connectivity index (χ3v) is 4.86. The Labute approximate surface area is 159 Å². The largest absolute Gasteiger partial charge is 0.347 e. The minimum absolute atomic E-state index is 0.184.